The van der Waals surface area contributed by atoms with E-state index in [1.54, 1.807) is 0 Å². The molecule has 1 heterocycles. The van der Waals surface area contributed by atoms with E-state index in [0.717, 1.165) is 11.2 Å². The monoisotopic (exact) mass is 275 g/mol. The first-order valence-electron chi connectivity index (χ1n) is 6.32. The zero-order chi connectivity index (χ0) is 11.3. The molecule has 1 unspecified atom stereocenters. The van der Waals surface area contributed by atoms with Gasteiger partial charge in [0.15, 0.2) is 0 Å². The molecule has 0 bridgehead atoms. The zero-order valence-corrected chi connectivity index (χ0v) is 12.1. The molecule has 1 aliphatic rings. The zero-order valence-electron chi connectivity index (χ0n) is 10.6. The summed E-state index contributed by atoms with van der Waals surface area (Å²) in [5.74, 6) is 0.774. The molecule has 1 atom stereocenters. The Kier molecular flexibility index (Phi) is 5.62. The van der Waals surface area contributed by atoms with Gasteiger partial charge in [0.05, 0.1) is 0 Å². The van der Waals surface area contributed by atoms with Crippen LogP contribution < -0.4 is 0 Å². The Morgan fingerprint density at radius 2 is 1.60 bits per heavy atom. The van der Waals surface area contributed by atoms with Crippen molar-refractivity contribution in [1.29, 1.82) is 0 Å². The third-order valence-corrected chi connectivity index (χ3v) is 4.37. The molecule has 0 aromatic heterocycles. The fraction of sp³-hybridized carbons (Fsp3) is 1.00. The molecule has 0 amide bonds. The smallest absolute Gasteiger partial charge is 0.00768 e. The maximum absolute atomic E-state index is 3.67. The van der Waals surface area contributed by atoms with Gasteiger partial charge in [-0.15, -0.1) is 0 Å². The van der Waals surface area contributed by atoms with Crippen LogP contribution in [0.15, 0.2) is 0 Å². The molecule has 0 aliphatic carbocycles. The van der Waals surface area contributed by atoms with Gasteiger partial charge < -0.3 is 4.90 Å². The van der Waals surface area contributed by atoms with Crippen LogP contribution in [0.1, 0.15) is 46.5 Å². The number of hydrogen-bond donors (Lipinski definition) is 0. The van der Waals surface area contributed by atoms with E-state index < -0.39 is 0 Å². The molecule has 0 radical (unpaired) electrons. The van der Waals surface area contributed by atoms with Gasteiger partial charge in [-0.3, -0.25) is 0 Å². The van der Waals surface area contributed by atoms with Crippen molar-refractivity contribution in [3.8, 4) is 0 Å². The van der Waals surface area contributed by atoms with Gasteiger partial charge in [0.1, 0.15) is 0 Å². The molecule has 1 rings (SSSR count). The van der Waals surface area contributed by atoms with Gasteiger partial charge in [-0.05, 0) is 37.3 Å². The number of nitrogens with zero attached hydrogens (tertiary/aromatic N) is 1. The van der Waals surface area contributed by atoms with Gasteiger partial charge in [-0.25, -0.2) is 0 Å². The van der Waals surface area contributed by atoms with Crippen LogP contribution in [0.3, 0.4) is 0 Å². The molecular weight excluding hydrogens is 250 g/mol. The van der Waals surface area contributed by atoms with Crippen LogP contribution in [0, 0.1) is 11.3 Å². The minimum Gasteiger partial charge on any atom is -0.303 e. The average molecular weight is 276 g/mol. The maximum Gasteiger partial charge on any atom is 0.00768 e. The average Bonchev–Trinajstić information content (AvgIpc) is 2.40. The first-order valence-corrected chi connectivity index (χ1v) is 7.44. The van der Waals surface area contributed by atoms with Gasteiger partial charge in [0.25, 0.3) is 0 Å². The predicted octanol–water partition coefficient (Wildman–Crippen LogP) is 3.92. The number of halogens is 1. The summed E-state index contributed by atoms with van der Waals surface area (Å²) >= 11 is 3.67. The summed E-state index contributed by atoms with van der Waals surface area (Å²) in [5.41, 5.74) is 0.426. The van der Waals surface area contributed by atoms with Crippen molar-refractivity contribution in [2.45, 2.75) is 46.5 Å². The summed E-state index contributed by atoms with van der Waals surface area (Å²) < 4.78 is 0. The molecule has 0 saturated carbocycles. The van der Waals surface area contributed by atoms with E-state index in [4.69, 9.17) is 0 Å². The molecule has 0 aromatic carbocycles. The van der Waals surface area contributed by atoms with Crippen LogP contribution in [0.2, 0.25) is 0 Å². The highest BCUT2D eigenvalue weighted by molar-refractivity contribution is 9.09. The Morgan fingerprint density at radius 1 is 1.07 bits per heavy atom. The van der Waals surface area contributed by atoms with Crippen LogP contribution in [-0.4, -0.2) is 29.9 Å². The largest absolute Gasteiger partial charge is 0.303 e. The lowest BCUT2D eigenvalue weighted by atomic mass is 9.82. The molecule has 0 aromatic rings. The van der Waals surface area contributed by atoms with Gasteiger partial charge in [0, 0.05) is 11.9 Å². The second-order valence-corrected chi connectivity index (χ2v) is 6.58. The fourth-order valence-corrected chi connectivity index (χ4v) is 3.36. The highest BCUT2D eigenvalue weighted by Gasteiger charge is 2.25. The van der Waals surface area contributed by atoms with Crippen molar-refractivity contribution in [2.75, 3.05) is 25.0 Å². The summed E-state index contributed by atoms with van der Waals surface area (Å²) in [4.78, 5) is 2.67. The van der Waals surface area contributed by atoms with E-state index in [0.29, 0.717) is 5.41 Å². The Bertz CT molecular complexity index is 166. The van der Waals surface area contributed by atoms with Crippen molar-refractivity contribution in [3.05, 3.63) is 0 Å². The van der Waals surface area contributed by atoms with Crippen LogP contribution in [0.25, 0.3) is 0 Å². The summed E-state index contributed by atoms with van der Waals surface area (Å²) in [5, 5.41) is 1.13. The normalized spacial score (nSPS) is 22.4. The summed E-state index contributed by atoms with van der Waals surface area (Å²) in [6.07, 6.45) is 5.67. The molecule has 90 valence electrons. The van der Waals surface area contributed by atoms with Crippen molar-refractivity contribution >= 4 is 15.9 Å². The van der Waals surface area contributed by atoms with Crippen LogP contribution in [-0.2, 0) is 0 Å². The fourth-order valence-electron chi connectivity index (χ4n) is 2.18. The molecular formula is C13H26BrN. The van der Waals surface area contributed by atoms with E-state index >= 15 is 0 Å². The molecule has 2 heteroatoms. The van der Waals surface area contributed by atoms with E-state index in [2.05, 4.69) is 41.6 Å². The quantitative estimate of drug-likeness (QED) is 0.706. The minimum absolute atomic E-state index is 0.426. The Balaban J connectivity index is 2.42. The predicted molar refractivity (Wildman–Crippen MR) is 71.6 cm³/mol. The molecule has 1 saturated heterocycles. The number of rotatable bonds is 3. The van der Waals surface area contributed by atoms with E-state index in [1.807, 2.05) is 0 Å². The molecule has 1 nitrogen and oxygen atoms in total. The number of likely N-dealkylation sites (tertiary alicyclic amines) is 1. The summed E-state index contributed by atoms with van der Waals surface area (Å²) in [7, 11) is 0. The minimum atomic E-state index is 0.426. The lowest BCUT2D eigenvalue weighted by Gasteiger charge is -2.34. The van der Waals surface area contributed by atoms with Gasteiger partial charge in [-0.1, -0.05) is 49.5 Å². The topological polar surface area (TPSA) is 3.24 Å². The highest BCUT2D eigenvalue weighted by Crippen LogP contribution is 2.28. The first kappa shape index (κ1) is 13.5. The Hall–Kier alpha value is 0.440. The van der Waals surface area contributed by atoms with Gasteiger partial charge >= 0.3 is 0 Å². The SMILES string of the molecule is CC(C)(C)C(CBr)CN1CCCCCC1. The second-order valence-electron chi connectivity index (χ2n) is 5.93. The lowest BCUT2D eigenvalue weighted by Crippen LogP contribution is -2.37. The van der Waals surface area contributed by atoms with Crippen molar-refractivity contribution in [3.63, 3.8) is 0 Å². The number of hydrogen-bond acceptors (Lipinski definition) is 1. The maximum atomic E-state index is 3.67. The lowest BCUT2D eigenvalue weighted by molar-refractivity contribution is 0.169. The second kappa shape index (κ2) is 6.24. The molecule has 1 fully saturated rings. The van der Waals surface area contributed by atoms with E-state index in [1.165, 1.54) is 45.3 Å². The Labute approximate surface area is 104 Å². The van der Waals surface area contributed by atoms with Gasteiger partial charge in [-0.2, -0.15) is 0 Å². The summed E-state index contributed by atoms with van der Waals surface area (Å²) in [6, 6.07) is 0. The van der Waals surface area contributed by atoms with Crippen molar-refractivity contribution in [1.82, 2.24) is 4.90 Å². The van der Waals surface area contributed by atoms with Gasteiger partial charge in [0.2, 0.25) is 0 Å². The van der Waals surface area contributed by atoms with Crippen molar-refractivity contribution < 1.29 is 0 Å². The summed E-state index contributed by atoms with van der Waals surface area (Å²) in [6.45, 7) is 11.0. The Morgan fingerprint density at radius 3 is 2.00 bits per heavy atom. The van der Waals surface area contributed by atoms with E-state index in [-0.39, 0.29) is 0 Å². The highest BCUT2D eigenvalue weighted by atomic mass is 79.9. The molecule has 0 N–H and O–H groups in total. The third-order valence-electron chi connectivity index (χ3n) is 3.59. The van der Waals surface area contributed by atoms with E-state index in [9.17, 15) is 0 Å². The first-order chi connectivity index (χ1) is 7.04. The molecule has 1 aliphatic heterocycles. The number of alkyl halides is 1. The van der Waals surface area contributed by atoms with Crippen LogP contribution in [0.4, 0.5) is 0 Å². The molecule has 15 heavy (non-hydrogen) atoms. The van der Waals surface area contributed by atoms with Crippen molar-refractivity contribution in [2.24, 2.45) is 11.3 Å². The standard InChI is InChI=1S/C13H26BrN/c1-13(2,3)12(10-14)11-15-8-6-4-5-7-9-15/h12H,4-11H2,1-3H3. The van der Waals surface area contributed by atoms with Crippen LogP contribution >= 0.6 is 15.9 Å². The third kappa shape index (κ3) is 4.86. The van der Waals surface area contributed by atoms with Crippen LogP contribution in [0.5, 0.6) is 0 Å². The molecule has 0 spiro atoms.